The summed E-state index contributed by atoms with van der Waals surface area (Å²) in [5.74, 6) is -0.862. The number of amidine groups is 1. The van der Waals surface area contributed by atoms with Gasteiger partial charge in [0, 0.05) is 15.1 Å². The van der Waals surface area contributed by atoms with Crippen molar-refractivity contribution in [2.45, 2.75) is 32.1 Å². The highest BCUT2D eigenvalue weighted by Crippen LogP contribution is 2.42. The van der Waals surface area contributed by atoms with E-state index in [0.29, 0.717) is 9.64 Å². The maximum Gasteiger partial charge on any atom is 0.253 e. The minimum Gasteiger partial charge on any atom is -0.313 e. The summed E-state index contributed by atoms with van der Waals surface area (Å²) >= 11 is 4.46. The molecule has 2 saturated heterocycles. The summed E-state index contributed by atoms with van der Waals surface area (Å²) in [6, 6.07) is 4.16. The van der Waals surface area contributed by atoms with Crippen molar-refractivity contribution in [1.29, 1.82) is 0 Å². The zero-order valence-electron chi connectivity index (χ0n) is 14.0. The number of sulfone groups is 1. The molecule has 0 aromatic heterocycles. The van der Waals surface area contributed by atoms with Crippen LogP contribution in [0.1, 0.15) is 20.8 Å². The fourth-order valence-corrected chi connectivity index (χ4v) is 7.02. The van der Waals surface area contributed by atoms with Crippen LogP contribution in [0, 0.1) is 11.2 Å². The SMILES string of the molecule is CC(C)(C)C(=O)N=C1S[C@@H]2CS(=O)(=O)C[C@H]2N1c1ccc(Br)cc1F. The van der Waals surface area contributed by atoms with Crippen LogP contribution in [0.5, 0.6) is 0 Å². The molecular weight excluding hydrogens is 431 g/mol. The maximum absolute atomic E-state index is 14.5. The first kappa shape index (κ1) is 18.8. The van der Waals surface area contributed by atoms with Gasteiger partial charge >= 0.3 is 0 Å². The number of carbonyl (C=O) groups excluding carboxylic acids is 1. The van der Waals surface area contributed by atoms with Gasteiger partial charge in [0.15, 0.2) is 15.0 Å². The first-order valence-electron chi connectivity index (χ1n) is 7.72. The first-order chi connectivity index (χ1) is 11.5. The number of fused-ring (bicyclic) bond motifs is 1. The van der Waals surface area contributed by atoms with Gasteiger partial charge in [0.2, 0.25) is 0 Å². The van der Waals surface area contributed by atoms with Crippen LogP contribution in [0.15, 0.2) is 27.7 Å². The zero-order chi connectivity index (χ0) is 18.6. The van der Waals surface area contributed by atoms with Crippen LogP contribution in [-0.4, -0.2) is 42.3 Å². The van der Waals surface area contributed by atoms with Crippen molar-refractivity contribution < 1.29 is 17.6 Å². The zero-order valence-corrected chi connectivity index (χ0v) is 17.2. The van der Waals surface area contributed by atoms with Gasteiger partial charge in [0.1, 0.15) is 5.82 Å². The van der Waals surface area contributed by atoms with Crippen LogP contribution < -0.4 is 4.90 Å². The molecule has 0 bridgehead atoms. The van der Waals surface area contributed by atoms with E-state index in [2.05, 4.69) is 20.9 Å². The highest BCUT2D eigenvalue weighted by Gasteiger charge is 2.50. The second-order valence-electron chi connectivity index (χ2n) is 7.22. The minimum atomic E-state index is -3.18. The number of aliphatic imine (C=N–C) groups is 1. The van der Waals surface area contributed by atoms with Gasteiger partial charge in [0.25, 0.3) is 5.91 Å². The average molecular weight is 449 g/mol. The van der Waals surface area contributed by atoms with Crippen LogP contribution >= 0.6 is 27.7 Å². The van der Waals surface area contributed by atoms with E-state index in [1.807, 2.05) is 0 Å². The molecular formula is C16H18BrFN2O3S2. The minimum absolute atomic E-state index is 0.0136. The summed E-state index contributed by atoms with van der Waals surface area (Å²) in [6.45, 7) is 5.28. The number of nitrogens with zero attached hydrogens (tertiary/aromatic N) is 2. The predicted molar refractivity (Wildman–Crippen MR) is 102 cm³/mol. The van der Waals surface area contributed by atoms with E-state index < -0.39 is 27.1 Å². The Hall–Kier alpha value is -0.930. The molecule has 0 radical (unpaired) electrons. The van der Waals surface area contributed by atoms with Crippen molar-refractivity contribution in [2.75, 3.05) is 16.4 Å². The normalized spacial score (nSPS) is 26.9. The van der Waals surface area contributed by atoms with Gasteiger partial charge in [-0.05, 0) is 18.2 Å². The Morgan fingerprint density at radius 2 is 2.04 bits per heavy atom. The third-order valence-corrected chi connectivity index (χ3v) is 7.78. The van der Waals surface area contributed by atoms with Crippen LogP contribution in [0.3, 0.4) is 0 Å². The average Bonchev–Trinajstić information content (AvgIpc) is 2.90. The second kappa shape index (κ2) is 6.35. The maximum atomic E-state index is 14.5. The van der Waals surface area contributed by atoms with Crippen LogP contribution in [-0.2, 0) is 14.6 Å². The molecule has 2 heterocycles. The van der Waals surface area contributed by atoms with Gasteiger partial charge in [-0.2, -0.15) is 4.99 Å². The van der Waals surface area contributed by atoms with Crippen molar-refractivity contribution >= 4 is 54.3 Å². The molecule has 25 heavy (non-hydrogen) atoms. The smallest absolute Gasteiger partial charge is 0.253 e. The number of halogens is 2. The highest BCUT2D eigenvalue weighted by molar-refractivity contribution is 9.10. The fraction of sp³-hybridized carbons (Fsp3) is 0.500. The number of hydrogen-bond acceptors (Lipinski definition) is 4. The Balaban J connectivity index is 2.07. The predicted octanol–water partition coefficient (Wildman–Crippen LogP) is 3.24. The lowest BCUT2D eigenvalue weighted by molar-refractivity contribution is -0.124. The molecule has 0 spiro atoms. The largest absolute Gasteiger partial charge is 0.313 e. The molecule has 3 rings (SSSR count). The Morgan fingerprint density at radius 3 is 2.64 bits per heavy atom. The molecule has 1 aromatic carbocycles. The molecule has 0 aliphatic carbocycles. The summed E-state index contributed by atoms with van der Waals surface area (Å²) in [5.41, 5.74) is -0.429. The number of hydrogen-bond donors (Lipinski definition) is 0. The van der Waals surface area contributed by atoms with Gasteiger partial charge in [-0.1, -0.05) is 48.5 Å². The molecule has 1 aromatic rings. The van der Waals surface area contributed by atoms with Crippen molar-refractivity contribution in [3.8, 4) is 0 Å². The number of carbonyl (C=O) groups is 1. The molecule has 0 N–H and O–H groups in total. The lowest BCUT2D eigenvalue weighted by Gasteiger charge is -2.25. The van der Waals surface area contributed by atoms with Crippen LogP contribution in [0.4, 0.5) is 10.1 Å². The summed E-state index contributed by atoms with van der Waals surface area (Å²) in [4.78, 5) is 18.1. The van der Waals surface area contributed by atoms with E-state index >= 15 is 0 Å². The number of rotatable bonds is 1. The standard InChI is InChI=1S/C16H18BrFN2O3S2/c1-16(2,3)14(21)19-15-20(11-5-4-9(17)6-10(11)18)12-7-25(22,23)8-13(12)24-15/h4-6,12-13H,7-8H2,1-3H3/t12-,13-/m1/s1. The van der Waals surface area contributed by atoms with E-state index in [-0.39, 0.29) is 28.4 Å². The van der Waals surface area contributed by atoms with Crippen molar-refractivity contribution in [2.24, 2.45) is 10.4 Å². The molecule has 0 unspecified atom stereocenters. The third kappa shape index (κ3) is 3.78. The van der Waals surface area contributed by atoms with Gasteiger partial charge < -0.3 is 4.90 Å². The molecule has 1 amide bonds. The highest BCUT2D eigenvalue weighted by atomic mass is 79.9. The fourth-order valence-electron chi connectivity index (χ4n) is 2.78. The number of anilines is 1. The van der Waals surface area contributed by atoms with Gasteiger partial charge in [-0.3, -0.25) is 4.79 Å². The first-order valence-corrected chi connectivity index (χ1v) is 11.2. The van der Waals surface area contributed by atoms with E-state index in [0.717, 1.165) is 0 Å². The second-order valence-corrected chi connectivity index (χ2v) is 11.5. The van der Waals surface area contributed by atoms with Gasteiger partial charge in [0.05, 0.1) is 23.2 Å². The lowest BCUT2D eigenvalue weighted by Crippen LogP contribution is -2.38. The van der Waals surface area contributed by atoms with E-state index in [9.17, 15) is 17.6 Å². The summed E-state index contributed by atoms with van der Waals surface area (Å²) in [6.07, 6.45) is 0. The third-order valence-electron chi connectivity index (χ3n) is 4.07. The molecule has 2 atom stereocenters. The van der Waals surface area contributed by atoms with E-state index in [1.165, 1.54) is 17.8 Å². The molecule has 0 saturated carbocycles. The Bertz CT molecular complexity index is 865. The van der Waals surface area contributed by atoms with Crippen molar-refractivity contribution in [3.63, 3.8) is 0 Å². The van der Waals surface area contributed by atoms with Crippen LogP contribution in [0.25, 0.3) is 0 Å². The molecule has 2 aliphatic rings. The van der Waals surface area contributed by atoms with Crippen LogP contribution in [0.2, 0.25) is 0 Å². The van der Waals surface area contributed by atoms with Gasteiger partial charge in [-0.15, -0.1) is 0 Å². The quantitative estimate of drug-likeness (QED) is 0.659. The monoisotopic (exact) mass is 448 g/mol. The summed E-state index contributed by atoms with van der Waals surface area (Å²) < 4.78 is 39.1. The molecule has 2 aliphatic heterocycles. The number of thioether (sulfide) groups is 1. The summed E-state index contributed by atoms with van der Waals surface area (Å²) in [5, 5.41) is 0.116. The molecule has 2 fully saturated rings. The topological polar surface area (TPSA) is 66.8 Å². The van der Waals surface area contributed by atoms with Crippen molar-refractivity contribution in [3.05, 3.63) is 28.5 Å². The summed E-state index contributed by atoms with van der Waals surface area (Å²) in [7, 11) is -3.18. The number of amides is 1. The van der Waals surface area contributed by atoms with E-state index in [4.69, 9.17) is 0 Å². The Kier molecular flexibility index (Phi) is 4.79. The lowest BCUT2D eigenvalue weighted by atomic mass is 9.96. The van der Waals surface area contributed by atoms with Crippen molar-refractivity contribution in [1.82, 2.24) is 0 Å². The van der Waals surface area contributed by atoms with E-state index in [1.54, 1.807) is 37.8 Å². The van der Waals surface area contributed by atoms with Gasteiger partial charge in [-0.25, -0.2) is 12.8 Å². The molecule has 136 valence electrons. The molecule has 5 nitrogen and oxygen atoms in total. The Labute approximate surface area is 159 Å². The molecule has 9 heteroatoms. The Morgan fingerprint density at radius 1 is 1.36 bits per heavy atom. The number of benzene rings is 1.